The summed E-state index contributed by atoms with van der Waals surface area (Å²) >= 11 is 0. The molecule has 124 valence electrons. The molecule has 1 aromatic carbocycles. The average molecular weight is 304 g/mol. The molecule has 0 saturated carbocycles. The molecule has 2 nitrogen and oxygen atoms in total. The fourth-order valence-electron chi connectivity index (χ4n) is 3.78. The lowest BCUT2D eigenvalue weighted by Crippen LogP contribution is -2.39. The minimum absolute atomic E-state index is 0.155. The second-order valence-corrected chi connectivity index (χ2v) is 7.74. The van der Waals surface area contributed by atoms with Gasteiger partial charge in [0.05, 0.1) is 6.10 Å². The van der Waals surface area contributed by atoms with Crippen LogP contribution in [0.5, 0.6) is 0 Å². The predicted octanol–water partition coefficient (Wildman–Crippen LogP) is 3.84. The fraction of sp³-hybridized carbons (Fsp3) is 0.700. The van der Waals surface area contributed by atoms with E-state index in [2.05, 4.69) is 40.7 Å². The highest BCUT2D eigenvalue weighted by Crippen LogP contribution is 2.40. The number of rotatable bonds is 5. The molecule has 0 aromatic heterocycles. The number of aliphatic hydroxyl groups excluding tert-OH is 2. The van der Waals surface area contributed by atoms with Gasteiger partial charge in [0.15, 0.2) is 0 Å². The van der Waals surface area contributed by atoms with Crippen molar-refractivity contribution in [2.24, 2.45) is 5.92 Å². The van der Waals surface area contributed by atoms with Crippen LogP contribution in [0.15, 0.2) is 6.07 Å². The maximum atomic E-state index is 10.4. The first-order valence-electron chi connectivity index (χ1n) is 8.70. The largest absolute Gasteiger partial charge is 0.396 e. The molecule has 2 rings (SSSR count). The van der Waals surface area contributed by atoms with Gasteiger partial charge in [0.1, 0.15) is 0 Å². The summed E-state index contributed by atoms with van der Waals surface area (Å²) < 4.78 is 0. The maximum absolute atomic E-state index is 10.4. The third-order valence-electron chi connectivity index (χ3n) is 5.86. The molecule has 0 heterocycles. The SMILES string of the molecule is Cc1c(CCC(C)CCO)cc2c(c1C)CCC(O)C2(C)C. The summed E-state index contributed by atoms with van der Waals surface area (Å²) in [6.07, 6.45) is 4.67. The summed E-state index contributed by atoms with van der Waals surface area (Å²) in [4.78, 5) is 0. The molecule has 0 fully saturated rings. The Morgan fingerprint density at radius 3 is 2.55 bits per heavy atom. The standard InChI is InChI=1S/C20H32O2/c1-13(10-11-21)6-7-16-12-18-17(15(3)14(16)2)8-9-19(22)20(18,4)5/h12-13,19,21-22H,6-11H2,1-5H3. The number of aliphatic hydroxyl groups is 2. The van der Waals surface area contributed by atoms with E-state index in [0.717, 1.165) is 32.1 Å². The summed E-state index contributed by atoms with van der Waals surface area (Å²) in [5, 5.41) is 19.5. The Hall–Kier alpha value is -0.860. The molecular formula is C20H32O2. The zero-order chi connectivity index (χ0) is 16.5. The van der Waals surface area contributed by atoms with Gasteiger partial charge in [-0.25, -0.2) is 0 Å². The summed E-state index contributed by atoms with van der Waals surface area (Å²) in [5.74, 6) is 0.555. The summed E-state index contributed by atoms with van der Waals surface area (Å²) in [7, 11) is 0. The van der Waals surface area contributed by atoms with Crippen molar-refractivity contribution in [2.75, 3.05) is 6.61 Å². The number of benzene rings is 1. The third kappa shape index (κ3) is 3.23. The van der Waals surface area contributed by atoms with Crippen molar-refractivity contribution in [1.82, 2.24) is 0 Å². The van der Waals surface area contributed by atoms with Gasteiger partial charge in [0, 0.05) is 12.0 Å². The monoisotopic (exact) mass is 304 g/mol. The van der Waals surface area contributed by atoms with Crippen molar-refractivity contribution >= 4 is 0 Å². The molecule has 1 aliphatic carbocycles. The zero-order valence-corrected chi connectivity index (χ0v) is 14.9. The van der Waals surface area contributed by atoms with E-state index in [-0.39, 0.29) is 18.1 Å². The Labute approximate surface area is 135 Å². The van der Waals surface area contributed by atoms with Crippen LogP contribution in [0.4, 0.5) is 0 Å². The van der Waals surface area contributed by atoms with Crippen molar-refractivity contribution in [2.45, 2.75) is 78.2 Å². The molecule has 22 heavy (non-hydrogen) atoms. The Bertz CT molecular complexity index is 531. The number of aryl methyl sites for hydroxylation is 1. The van der Waals surface area contributed by atoms with Crippen LogP contribution in [0.2, 0.25) is 0 Å². The van der Waals surface area contributed by atoms with Crippen LogP contribution >= 0.6 is 0 Å². The second kappa shape index (κ2) is 6.72. The van der Waals surface area contributed by atoms with E-state index in [1.807, 2.05) is 0 Å². The van der Waals surface area contributed by atoms with E-state index in [0.29, 0.717) is 5.92 Å². The van der Waals surface area contributed by atoms with E-state index < -0.39 is 0 Å². The summed E-state index contributed by atoms with van der Waals surface area (Å²) in [6.45, 7) is 11.3. The Balaban J connectivity index is 2.33. The molecule has 1 aromatic rings. The molecule has 0 amide bonds. The average Bonchev–Trinajstić information content (AvgIpc) is 2.46. The highest BCUT2D eigenvalue weighted by molar-refractivity contribution is 5.49. The quantitative estimate of drug-likeness (QED) is 0.867. The summed E-state index contributed by atoms with van der Waals surface area (Å²) in [5.41, 5.74) is 6.91. The molecule has 2 atom stereocenters. The van der Waals surface area contributed by atoms with Gasteiger partial charge in [0.25, 0.3) is 0 Å². The Morgan fingerprint density at radius 2 is 1.91 bits per heavy atom. The van der Waals surface area contributed by atoms with E-state index in [1.54, 1.807) is 0 Å². The Kier molecular flexibility index (Phi) is 5.34. The van der Waals surface area contributed by atoms with Gasteiger partial charge in [0.2, 0.25) is 0 Å². The van der Waals surface area contributed by atoms with Crippen LogP contribution < -0.4 is 0 Å². The lowest BCUT2D eigenvalue weighted by molar-refractivity contribution is 0.0829. The molecule has 1 aliphatic rings. The zero-order valence-electron chi connectivity index (χ0n) is 14.9. The van der Waals surface area contributed by atoms with E-state index in [4.69, 9.17) is 5.11 Å². The van der Waals surface area contributed by atoms with Gasteiger partial charge in [-0.15, -0.1) is 0 Å². The van der Waals surface area contributed by atoms with Gasteiger partial charge in [-0.05, 0) is 79.7 Å². The van der Waals surface area contributed by atoms with Crippen molar-refractivity contribution in [3.05, 3.63) is 33.9 Å². The van der Waals surface area contributed by atoms with Crippen LogP contribution in [0, 0.1) is 19.8 Å². The third-order valence-corrected chi connectivity index (χ3v) is 5.86. The fourth-order valence-corrected chi connectivity index (χ4v) is 3.78. The smallest absolute Gasteiger partial charge is 0.0634 e. The lowest BCUT2D eigenvalue weighted by atomic mass is 9.68. The molecular weight excluding hydrogens is 272 g/mol. The van der Waals surface area contributed by atoms with Crippen molar-refractivity contribution in [3.8, 4) is 0 Å². The molecule has 2 unspecified atom stereocenters. The molecule has 0 spiro atoms. The first-order chi connectivity index (χ1) is 10.3. The maximum Gasteiger partial charge on any atom is 0.0634 e. The van der Waals surface area contributed by atoms with Crippen LogP contribution in [0.25, 0.3) is 0 Å². The first kappa shape index (κ1) is 17.5. The van der Waals surface area contributed by atoms with Crippen LogP contribution in [0.3, 0.4) is 0 Å². The van der Waals surface area contributed by atoms with Crippen molar-refractivity contribution < 1.29 is 10.2 Å². The van der Waals surface area contributed by atoms with Gasteiger partial charge < -0.3 is 10.2 Å². The molecule has 2 heteroatoms. The van der Waals surface area contributed by atoms with Gasteiger partial charge in [-0.2, -0.15) is 0 Å². The highest BCUT2D eigenvalue weighted by Gasteiger charge is 2.36. The van der Waals surface area contributed by atoms with Crippen LogP contribution in [0.1, 0.15) is 67.9 Å². The minimum atomic E-state index is -0.247. The predicted molar refractivity (Wildman–Crippen MR) is 92.5 cm³/mol. The van der Waals surface area contributed by atoms with E-state index in [1.165, 1.54) is 27.8 Å². The topological polar surface area (TPSA) is 40.5 Å². The first-order valence-corrected chi connectivity index (χ1v) is 8.70. The molecule has 0 aliphatic heterocycles. The number of fused-ring (bicyclic) bond motifs is 1. The summed E-state index contributed by atoms with van der Waals surface area (Å²) in [6, 6.07) is 2.35. The van der Waals surface area contributed by atoms with Crippen molar-refractivity contribution in [1.29, 1.82) is 0 Å². The second-order valence-electron chi connectivity index (χ2n) is 7.74. The van der Waals surface area contributed by atoms with Crippen LogP contribution in [-0.4, -0.2) is 22.9 Å². The molecule has 0 bridgehead atoms. The normalized spacial score (nSPS) is 21.5. The van der Waals surface area contributed by atoms with Crippen molar-refractivity contribution in [3.63, 3.8) is 0 Å². The molecule has 2 N–H and O–H groups in total. The Morgan fingerprint density at radius 1 is 1.23 bits per heavy atom. The highest BCUT2D eigenvalue weighted by atomic mass is 16.3. The van der Waals surface area contributed by atoms with Gasteiger partial charge >= 0.3 is 0 Å². The number of hydrogen-bond acceptors (Lipinski definition) is 2. The lowest BCUT2D eigenvalue weighted by Gasteiger charge is -2.39. The molecule has 0 radical (unpaired) electrons. The van der Waals surface area contributed by atoms with Crippen LogP contribution in [-0.2, 0) is 18.3 Å². The van der Waals surface area contributed by atoms with E-state index in [9.17, 15) is 5.11 Å². The minimum Gasteiger partial charge on any atom is -0.396 e. The van der Waals surface area contributed by atoms with E-state index >= 15 is 0 Å². The molecule has 0 saturated heterocycles. The van der Waals surface area contributed by atoms with Gasteiger partial charge in [-0.1, -0.05) is 26.8 Å². The van der Waals surface area contributed by atoms with Gasteiger partial charge in [-0.3, -0.25) is 0 Å². The number of hydrogen-bond donors (Lipinski definition) is 2.